The normalized spacial score (nSPS) is 11.6. The molecule has 0 atom stereocenters. The van der Waals surface area contributed by atoms with Crippen molar-refractivity contribution in [1.29, 1.82) is 0 Å². The number of aliphatic hydroxyl groups excluding tert-OH is 1. The van der Waals surface area contributed by atoms with Crippen LogP contribution in [-0.4, -0.2) is 24.2 Å². The lowest BCUT2D eigenvalue weighted by Gasteiger charge is -2.23. The SMILES string of the molecule is CC(C)(CCO)CNC(=O)Cc1ccc2ccccc2c1. The molecule has 0 radical (unpaired) electrons. The summed E-state index contributed by atoms with van der Waals surface area (Å²) in [5, 5.41) is 14.3. The Bertz CT molecular complexity index is 619. The van der Waals surface area contributed by atoms with Crippen LogP contribution in [0, 0.1) is 5.41 Å². The van der Waals surface area contributed by atoms with Gasteiger partial charge in [-0.15, -0.1) is 0 Å². The molecule has 0 spiro atoms. The van der Waals surface area contributed by atoms with Gasteiger partial charge in [-0.05, 0) is 28.2 Å². The van der Waals surface area contributed by atoms with Crippen LogP contribution in [0.5, 0.6) is 0 Å². The summed E-state index contributed by atoms with van der Waals surface area (Å²) < 4.78 is 0. The lowest BCUT2D eigenvalue weighted by atomic mass is 9.89. The van der Waals surface area contributed by atoms with E-state index in [9.17, 15) is 4.79 Å². The van der Waals surface area contributed by atoms with Crippen molar-refractivity contribution in [1.82, 2.24) is 5.32 Å². The highest BCUT2D eigenvalue weighted by Crippen LogP contribution is 2.18. The van der Waals surface area contributed by atoms with Crippen molar-refractivity contribution in [2.45, 2.75) is 26.7 Å². The summed E-state index contributed by atoms with van der Waals surface area (Å²) in [6, 6.07) is 14.3. The third kappa shape index (κ3) is 4.57. The van der Waals surface area contributed by atoms with Crippen LogP contribution in [0.15, 0.2) is 42.5 Å². The van der Waals surface area contributed by atoms with Gasteiger partial charge in [0.05, 0.1) is 6.42 Å². The highest BCUT2D eigenvalue weighted by Gasteiger charge is 2.18. The van der Waals surface area contributed by atoms with Crippen LogP contribution in [0.25, 0.3) is 10.8 Å². The van der Waals surface area contributed by atoms with E-state index in [1.54, 1.807) is 0 Å². The van der Waals surface area contributed by atoms with E-state index in [2.05, 4.69) is 23.5 Å². The lowest BCUT2D eigenvalue weighted by molar-refractivity contribution is -0.120. The first-order chi connectivity index (χ1) is 10.00. The molecular weight excluding hydrogens is 262 g/mol. The van der Waals surface area contributed by atoms with Gasteiger partial charge in [-0.1, -0.05) is 56.3 Å². The predicted molar refractivity (Wildman–Crippen MR) is 86.1 cm³/mol. The van der Waals surface area contributed by atoms with Crippen molar-refractivity contribution in [2.75, 3.05) is 13.2 Å². The second-order valence-corrected chi connectivity index (χ2v) is 6.27. The molecule has 0 bridgehead atoms. The van der Waals surface area contributed by atoms with Crippen molar-refractivity contribution >= 4 is 16.7 Å². The van der Waals surface area contributed by atoms with Crippen LogP contribution in [0.3, 0.4) is 0 Å². The zero-order valence-electron chi connectivity index (χ0n) is 12.7. The van der Waals surface area contributed by atoms with Gasteiger partial charge in [0.25, 0.3) is 0 Å². The van der Waals surface area contributed by atoms with E-state index in [-0.39, 0.29) is 17.9 Å². The average Bonchev–Trinajstić information content (AvgIpc) is 2.45. The number of benzene rings is 2. The largest absolute Gasteiger partial charge is 0.396 e. The number of rotatable bonds is 6. The Morgan fingerprint density at radius 3 is 2.57 bits per heavy atom. The van der Waals surface area contributed by atoms with Crippen LogP contribution < -0.4 is 5.32 Å². The smallest absolute Gasteiger partial charge is 0.224 e. The summed E-state index contributed by atoms with van der Waals surface area (Å²) in [5.41, 5.74) is 0.944. The third-order valence-electron chi connectivity index (χ3n) is 3.73. The molecule has 0 fully saturated rings. The molecule has 0 saturated heterocycles. The zero-order valence-corrected chi connectivity index (χ0v) is 12.7. The molecule has 3 heteroatoms. The molecule has 2 aromatic rings. The molecule has 3 nitrogen and oxygen atoms in total. The summed E-state index contributed by atoms with van der Waals surface area (Å²) in [6.45, 7) is 4.81. The Morgan fingerprint density at radius 1 is 1.14 bits per heavy atom. The molecule has 0 heterocycles. The van der Waals surface area contributed by atoms with Gasteiger partial charge in [0, 0.05) is 13.2 Å². The van der Waals surface area contributed by atoms with E-state index >= 15 is 0 Å². The molecule has 0 aromatic heterocycles. The number of nitrogens with one attached hydrogen (secondary N) is 1. The number of carbonyl (C=O) groups is 1. The maximum Gasteiger partial charge on any atom is 0.224 e. The molecule has 112 valence electrons. The fourth-order valence-electron chi connectivity index (χ4n) is 2.33. The van der Waals surface area contributed by atoms with E-state index in [1.165, 1.54) is 5.39 Å². The predicted octanol–water partition coefficient (Wildman–Crippen LogP) is 2.91. The number of carbonyl (C=O) groups excluding carboxylic acids is 1. The second-order valence-electron chi connectivity index (χ2n) is 6.27. The van der Waals surface area contributed by atoms with Gasteiger partial charge in [0.2, 0.25) is 5.91 Å². The molecule has 2 aromatic carbocycles. The monoisotopic (exact) mass is 285 g/mol. The summed E-state index contributed by atoms with van der Waals surface area (Å²) in [7, 11) is 0. The maximum atomic E-state index is 12.0. The molecule has 0 aliphatic rings. The van der Waals surface area contributed by atoms with Crippen molar-refractivity contribution < 1.29 is 9.90 Å². The molecular formula is C18H23NO2. The molecule has 21 heavy (non-hydrogen) atoms. The third-order valence-corrected chi connectivity index (χ3v) is 3.73. The minimum atomic E-state index is -0.0756. The number of amides is 1. The maximum absolute atomic E-state index is 12.0. The van der Waals surface area contributed by atoms with Crippen LogP contribution in [0.2, 0.25) is 0 Å². The van der Waals surface area contributed by atoms with Crippen LogP contribution in [0.1, 0.15) is 25.8 Å². The van der Waals surface area contributed by atoms with E-state index in [1.807, 2.05) is 38.1 Å². The van der Waals surface area contributed by atoms with E-state index in [0.29, 0.717) is 19.4 Å². The fourth-order valence-corrected chi connectivity index (χ4v) is 2.33. The van der Waals surface area contributed by atoms with Gasteiger partial charge in [0.1, 0.15) is 0 Å². The topological polar surface area (TPSA) is 49.3 Å². The highest BCUT2D eigenvalue weighted by atomic mass is 16.3. The molecule has 1 amide bonds. The van der Waals surface area contributed by atoms with Crippen LogP contribution >= 0.6 is 0 Å². The standard InChI is InChI=1S/C18H23NO2/c1-18(2,9-10-20)13-19-17(21)12-14-7-8-15-5-3-4-6-16(15)11-14/h3-8,11,20H,9-10,12-13H2,1-2H3,(H,19,21). The molecule has 0 saturated carbocycles. The van der Waals surface area contributed by atoms with E-state index < -0.39 is 0 Å². The minimum Gasteiger partial charge on any atom is -0.396 e. The highest BCUT2D eigenvalue weighted by molar-refractivity contribution is 5.85. The molecule has 0 unspecified atom stereocenters. The Balaban J connectivity index is 1.95. The van der Waals surface area contributed by atoms with Crippen LogP contribution in [0.4, 0.5) is 0 Å². The van der Waals surface area contributed by atoms with Crippen molar-refractivity contribution in [2.24, 2.45) is 5.41 Å². The Hall–Kier alpha value is -1.87. The number of hydrogen-bond acceptors (Lipinski definition) is 2. The van der Waals surface area contributed by atoms with Gasteiger partial charge in [-0.3, -0.25) is 4.79 Å². The molecule has 2 N–H and O–H groups in total. The first-order valence-corrected chi connectivity index (χ1v) is 7.35. The number of fused-ring (bicyclic) bond motifs is 1. The Kier molecular flexibility index (Phi) is 4.97. The zero-order chi connectivity index (χ0) is 15.3. The lowest BCUT2D eigenvalue weighted by Crippen LogP contribution is -2.35. The van der Waals surface area contributed by atoms with Crippen molar-refractivity contribution in [3.63, 3.8) is 0 Å². The van der Waals surface area contributed by atoms with Gasteiger partial charge in [-0.2, -0.15) is 0 Å². The van der Waals surface area contributed by atoms with Crippen molar-refractivity contribution in [3.05, 3.63) is 48.0 Å². The molecule has 0 aliphatic carbocycles. The van der Waals surface area contributed by atoms with Crippen LogP contribution in [-0.2, 0) is 11.2 Å². The summed E-state index contributed by atoms with van der Waals surface area (Å²) in [6.07, 6.45) is 1.07. The van der Waals surface area contributed by atoms with E-state index in [0.717, 1.165) is 10.9 Å². The minimum absolute atomic E-state index is 0.0243. The first-order valence-electron chi connectivity index (χ1n) is 7.35. The summed E-state index contributed by atoms with van der Waals surface area (Å²) >= 11 is 0. The average molecular weight is 285 g/mol. The summed E-state index contributed by atoms with van der Waals surface area (Å²) in [5.74, 6) is 0.0243. The molecule has 2 rings (SSSR count). The fraction of sp³-hybridized carbons (Fsp3) is 0.389. The van der Waals surface area contributed by atoms with Gasteiger partial charge in [0.15, 0.2) is 0 Å². The van der Waals surface area contributed by atoms with E-state index in [4.69, 9.17) is 5.11 Å². The number of hydrogen-bond donors (Lipinski definition) is 2. The Labute approximate surface area is 126 Å². The second kappa shape index (κ2) is 6.72. The van der Waals surface area contributed by atoms with Gasteiger partial charge in [-0.25, -0.2) is 0 Å². The first kappa shape index (κ1) is 15.5. The summed E-state index contributed by atoms with van der Waals surface area (Å²) in [4.78, 5) is 12.0. The quantitative estimate of drug-likeness (QED) is 0.857. The van der Waals surface area contributed by atoms with Gasteiger partial charge >= 0.3 is 0 Å². The Morgan fingerprint density at radius 2 is 1.86 bits per heavy atom. The van der Waals surface area contributed by atoms with Gasteiger partial charge < -0.3 is 10.4 Å². The molecule has 0 aliphatic heterocycles. The van der Waals surface area contributed by atoms with Crippen molar-refractivity contribution in [3.8, 4) is 0 Å². The number of aliphatic hydroxyl groups is 1.